The number of rotatable bonds is 8. The van der Waals surface area contributed by atoms with E-state index < -0.39 is 17.6 Å². The molecule has 0 aromatic heterocycles. The van der Waals surface area contributed by atoms with Crippen LogP contribution in [-0.4, -0.2) is 46.6 Å². The molecule has 2 aliphatic rings. The Balaban J connectivity index is 1.30. The van der Waals surface area contributed by atoms with Gasteiger partial charge in [0.05, 0.1) is 12.0 Å². The lowest BCUT2D eigenvalue weighted by molar-refractivity contribution is -0.120. The highest BCUT2D eigenvalue weighted by atomic mass is 16.3. The van der Waals surface area contributed by atoms with Gasteiger partial charge in [-0.1, -0.05) is 93.6 Å². The number of carbonyl (C=O) groups excluding carboxylic acids is 1. The molecule has 2 atom stereocenters. The molecule has 2 unspecified atom stereocenters. The maximum absolute atomic E-state index is 12.6. The van der Waals surface area contributed by atoms with Gasteiger partial charge in [0, 0.05) is 0 Å². The van der Waals surface area contributed by atoms with Crippen LogP contribution in [0.5, 0.6) is 0 Å². The smallest absolute Gasteiger partial charge is 0.165 e. The van der Waals surface area contributed by atoms with E-state index in [2.05, 4.69) is 25.7 Å². The summed E-state index contributed by atoms with van der Waals surface area (Å²) >= 11 is 0. The number of allylic oxidation sites excluding steroid dienone is 3. The summed E-state index contributed by atoms with van der Waals surface area (Å²) in [6.07, 6.45) is 8.22. The number of aliphatic hydroxyl groups excluding tert-OH is 1. The number of benzene rings is 2. The van der Waals surface area contributed by atoms with Crippen LogP contribution in [0.25, 0.3) is 0 Å². The van der Waals surface area contributed by atoms with Gasteiger partial charge in [-0.25, -0.2) is 0 Å². The molecular weight excluding hydrogens is 446 g/mol. The molecule has 1 aliphatic heterocycles. The average Bonchev–Trinajstić information content (AvgIpc) is 2.89. The number of nitrogens with zero attached hydrogens (tertiary/aromatic N) is 1. The summed E-state index contributed by atoms with van der Waals surface area (Å²) in [6, 6.07) is 20.1. The largest absolute Gasteiger partial charge is 0.392 e. The minimum Gasteiger partial charge on any atom is -0.392 e. The van der Waals surface area contributed by atoms with Crippen molar-refractivity contribution in [3.8, 4) is 0 Å². The zero-order chi connectivity index (χ0) is 25.8. The summed E-state index contributed by atoms with van der Waals surface area (Å²) in [4.78, 5) is 15.0. The van der Waals surface area contributed by atoms with Crippen molar-refractivity contribution in [1.29, 1.82) is 0 Å². The average molecular weight is 488 g/mol. The summed E-state index contributed by atoms with van der Waals surface area (Å²) in [6.45, 7) is 9.02. The van der Waals surface area contributed by atoms with E-state index in [9.17, 15) is 15.0 Å². The second kappa shape index (κ2) is 11.2. The fourth-order valence-corrected chi connectivity index (χ4v) is 5.68. The molecule has 0 amide bonds. The van der Waals surface area contributed by atoms with Crippen molar-refractivity contribution in [2.45, 2.75) is 58.2 Å². The van der Waals surface area contributed by atoms with Gasteiger partial charge in [0.15, 0.2) is 5.78 Å². The Morgan fingerprint density at radius 2 is 1.50 bits per heavy atom. The Kier molecular flexibility index (Phi) is 8.29. The highest BCUT2D eigenvalue weighted by Crippen LogP contribution is 2.42. The van der Waals surface area contributed by atoms with Crippen molar-refractivity contribution >= 4 is 5.78 Å². The number of carbonyl (C=O) groups is 1. The van der Waals surface area contributed by atoms with Gasteiger partial charge >= 0.3 is 0 Å². The first kappa shape index (κ1) is 26.5. The Morgan fingerprint density at radius 1 is 0.944 bits per heavy atom. The molecule has 0 spiro atoms. The minimum atomic E-state index is -1.00. The molecule has 2 N–H and O–H groups in total. The van der Waals surface area contributed by atoms with E-state index in [1.165, 1.54) is 0 Å². The lowest BCUT2D eigenvalue weighted by atomic mass is 9.72. The van der Waals surface area contributed by atoms with Crippen molar-refractivity contribution in [3.05, 3.63) is 95.6 Å². The molecule has 1 saturated heterocycles. The van der Waals surface area contributed by atoms with Crippen LogP contribution in [0, 0.1) is 17.3 Å². The Labute approximate surface area is 216 Å². The predicted octanol–water partition coefficient (Wildman–Crippen LogP) is 5.50. The first-order chi connectivity index (χ1) is 17.2. The third-order valence-corrected chi connectivity index (χ3v) is 7.97. The van der Waals surface area contributed by atoms with Gasteiger partial charge in [0.1, 0.15) is 5.60 Å². The van der Waals surface area contributed by atoms with Crippen LogP contribution in [0.2, 0.25) is 0 Å². The van der Waals surface area contributed by atoms with Crippen LogP contribution in [-0.2, 0) is 10.4 Å². The highest BCUT2D eigenvalue weighted by Gasteiger charge is 2.41. The molecule has 2 aromatic rings. The number of ketones is 1. The number of aliphatic hydroxyl groups is 2. The molecule has 192 valence electrons. The van der Waals surface area contributed by atoms with Gasteiger partial charge < -0.3 is 15.1 Å². The van der Waals surface area contributed by atoms with Crippen molar-refractivity contribution in [1.82, 2.24) is 4.90 Å². The van der Waals surface area contributed by atoms with Crippen molar-refractivity contribution in [3.63, 3.8) is 0 Å². The highest BCUT2D eigenvalue weighted by molar-refractivity contribution is 5.96. The molecule has 0 bridgehead atoms. The number of likely N-dealkylation sites (tertiary alicyclic amines) is 1. The molecule has 1 heterocycles. The lowest BCUT2D eigenvalue weighted by Gasteiger charge is -2.42. The summed E-state index contributed by atoms with van der Waals surface area (Å²) in [5, 5.41) is 22.8. The molecule has 4 rings (SSSR count). The van der Waals surface area contributed by atoms with Gasteiger partial charge in [-0.3, -0.25) is 4.79 Å². The van der Waals surface area contributed by atoms with Gasteiger partial charge in [0.2, 0.25) is 0 Å². The molecule has 4 nitrogen and oxygen atoms in total. The second-order valence-electron chi connectivity index (χ2n) is 11.5. The minimum absolute atomic E-state index is 0.0110. The Bertz CT molecular complexity index is 1020. The van der Waals surface area contributed by atoms with Gasteiger partial charge in [0.25, 0.3) is 0 Å². The topological polar surface area (TPSA) is 60.8 Å². The third kappa shape index (κ3) is 5.88. The number of hydrogen-bond donors (Lipinski definition) is 2. The Morgan fingerprint density at radius 3 is 2.00 bits per heavy atom. The van der Waals surface area contributed by atoms with E-state index in [4.69, 9.17) is 0 Å². The van der Waals surface area contributed by atoms with Crippen LogP contribution in [0.3, 0.4) is 0 Å². The SMILES string of the molecule is CC(C)(C)C1=CC(=O)C(C(O)CCCN2CCC(C(O)(c3ccccc3)c3ccccc3)CC2)C=C1. The maximum Gasteiger partial charge on any atom is 0.165 e. The summed E-state index contributed by atoms with van der Waals surface area (Å²) in [7, 11) is 0. The Hall–Kier alpha value is -2.53. The van der Waals surface area contributed by atoms with Crippen LogP contribution in [0.1, 0.15) is 57.6 Å². The van der Waals surface area contributed by atoms with Crippen molar-refractivity contribution < 1.29 is 15.0 Å². The molecule has 1 aliphatic carbocycles. The number of hydrogen-bond acceptors (Lipinski definition) is 4. The number of piperidine rings is 1. The molecule has 2 aromatic carbocycles. The fourth-order valence-electron chi connectivity index (χ4n) is 5.68. The van der Waals surface area contributed by atoms with Crippen LogP contribution < -0.4 is 0 Å². The van der Waals surface area contributed by atoms with E-state index in [-0.39, 0.29) is 17.1 Å². The summed E-state index contributed by atoms with van der Waals surface area (Å²) < 4.78 is 0. The zero-order valence-electron chi connectivity index (χ0n) is 21.9. The first-order valence-electron chi connectivity index (χ1n) is 13.4. The standard InChI is InChI=1S/C32H41NO3/c1-31(2,3)27-16-17-28(30(35)23-27)29(34)15-10-20-33-21-18-26(19-22-33)32(36,24-11-6-4-7-12-24)25-13-8-5-9-14-25/h4-9,11-14,16-17,23,26,28-29,34,36H,10,15,18-22H2,1-3H3. The van der Waals surface area contributed by atoms with E-state index in [0.29, 0.717) is 6.42 Å². The van der Waals surface area contributed by atoms with Crippen LogP contribution >= 0.6 is 0 Å². The monoisotopic (exact) mass is 487 g/mol. The van der Waals surface area contributed by atoms with E-state index >= 15 is 0 Å². The van der Waals surface area contributed by atoms with Crippen LogP contribution in [0.15, 0.2) is 84.5 Å². The summed E-state index contributed by atoms with van der Waals surface area (Å²) in [5.41, 5.74) is 1.85. The molecular formula is C32H41NO3. The molecule has 36 heavy (non-hydrogen) atoms. The van der Waals surface area contributed by atoms with Crippen LogP contribution in [0.4, 0.5) is 0 Å². The van der Waals surface area contributed by atoms with E-state index in [1.807, 2.05) is 72.8 Å². The normalized spacial score (nSPS) is 20.9. The third-order valence-electron chi connectivity index (χ3n) is 7.97. The predicted molar refractivity (Wildman–Crippen MR) is 145 cm³/mol. The quantitative estimate of drug-likeness (QED) is 0.516. The van der Waals surface area contributed by atoms with E-state index in [1.54, 1.807) is 6.08 Å². The van der Waals surface area contributed by atoms with Gasteiger partial charge in [-0.2, -0.15) is 0 Å². The maximum atomic E-state index is 12.6. The van der Waals surface area contributed by atoms with Gasteiger partial charge in [-0.05, 0) is 79.4 Å². The van der Waals surface area contributed by atoms with Gasteiger partial charge in [-0.15, -0.1) is 0 Å². The first-order valence-corrected chi connectivity index (χ1v) is 13.4. The molecule has 0 radical (unpaired) electrons. The van der Waals surface area contributed by atoms with E-state index in [0.717, 1.165) is 55.6 Å². The lowest BCUT2D eigenvalue weighted by Crippen LogP contribution is -2.44. The molecule has 1 fully saturated rings. The molecule has 4 heteroatoms. The molecule has 0 saturated carbocycles. The zero-order valence-corrected chi connectivity index (χ0v) is 21.9. The second-order valence-corrected chi connectivity index (χ2v) is 11.5. The van der Waals surface area contributed by atoms with Crippen molar-refractivity contribution in [2.24, 2.45) is 17.3 Å². The van der Waals surface area contributed by atoms with Crippen molar-refractivity contribution in [2.75, 3.05) is 19.6 Å². The fraction of sp³-hybridized carbons (Fsp3) is 0.469. The summed E-state index contributed by atoms with van der Waals surface area (Å²) in [5.74, 6) is -0.289.